The molecule has 0 saturated carbocycles. The predicted octanol–water partition coefficient (Wildman–Crippen LogP) is 2.37. The third kappa shape index (κ3) is 2.13. The Labute approximate surface area is 112 Å². The number of anilines is 1. The highest BCUT2D eigenvalue weighted by Gasteiger charge is 2.42. The van der Waals surface area contributed by atoms with Crippen molar-refractivity contribution in [3.8, 4) is 0 Å². The maximum atomic E-state index is 14.3. The molecule has 2 heterocycles. The molecule has 0 spiro atoms. The third-order valence-corrected chi connectivity index (χ3v) is 4.43. The molecule has 1 aromatic carbocycles. The Hall–Kier alpha value is -1.13. The quantitative estimate of drug-likeness (QED) is 0.863. The third-order valence-electron chi connectivity index (χ3n) is 4.43. The molecule has 0 amide bonds. The second-order valence-corrected chi connectivity index (χ2v) is 5.77. The fourth-order valence-electron chi connectivity index (χ4n) is 3.65. The number of fused-ring (bicyclic) bond motifs is 2. The van der Waals surface area contributed by atoms with E-state index in [0.717, 1.165) is 12.8 Å². The zero-order valence-corrected chi connectivity index (χ0v) is 11.1. The molecule has 3 nitrogen and oxygen atoms in total. The molecule has 2 aliphatic heterocycles. The van der Waals surface area contributed by atoms with Gasteiger partial charge in [0.05, 0.1) is 17.9 Å². The summed E-state index contributed by atoms with van der Waals surface area (Å²) in [5.41, 5.74) is 1.19. The van der Waals surface area contributed by atoms with E-state index in [1.165, 1.54) is 6.07 Å². The maximum absolute atomic E-state index is 14.3. The van der Waals surface area contributed by atoms with Gasteiger partial charge >= 0.3 is 0 Å². The molecule has 104 valence electrons. The van der Waals surface area contributed by atoms with Crippen molar-refractivity contribution in [1.82, 2.24) is 0 Å². The van der Waals surface area contributed by atoms with E-state index >= 15 is 0 Å². The minimum Gasteiger partial charge on any atom is -0.393 e. The van der Waals surface area contributed by atoms with Crippen LogP contribution < -0.4 is 4.90 Å². The summed E-state index contributed by atoms with van der Waals surface area (Å²) in [7, 11) is 0. The van der Waals surface area contributed by atoms with Crippen LogP contribution in [0.1, 0.15) is 44.3 Å². The average molecular weight is 265 g/mol. The minimum atomic E-state index is -0.683. The lowest BCUT2D eigenvalue weighted by Gasteiger charge is -2.40. The first kappa shape index (κ1) is 12.9. The Morgan fingerprint density at radius 2 is 1.89 bits per heavy atom. The Kier molecular flexibility index (Phi) is 3.23. The number of nitrogens with zero attached hydrogens (tertiary/aromatic N) is 1. The van der Waals surface area contributed by atoms with E-state index in [0.29, 0.717) is 24.1 Å². The molecule has 0 radical (unpaired) electrons. The topological polar surface area (TPSA) is 43.7 Å². The standard InChI is InChI=1S/C15H20FNO2/c1-9(18)13-3-2-4-14(16)15(13)17-10-5-6-11(17)8-12(19)7-10/h2-4,9-12,18-19H,5-8H2,1H3/t9-,10?,11?,12?/m1/s1. The fraction of sp³-hybridized carbons (Fsp3) is 0.600. The summed E-state index contributed by atoms with van der Waals surface area (Å²) in [5, 5.41) is 19.7. The van der Waals surface area contributed by atoms with Crippen molar-refractivity contribution in [2.45, 2.75) is 56.9 Å². The van der Waals surface area contributed by atoms with Gasteiger partial charge in [-0.15, -0.1) is 0 Å². The summed E-state index contributed by atoms with van der Waals surface area (Å²) >= 11 is 0. The van der Waals surface area contributed by atoms with Gasteiger partial charge in [0.1, 0.15) is 5.82 Å². The number of benzene rings is 1. The lowest BCUT2D eigenvalue weighted by Crippen LogP contribution is -2.45. The number of piperidine rings is 1. The molecule has 0 aromatic heterocycles. The first-order chi connectivity index (χ1) is 9.08. The van der Waals surface area contributed by atoms with Crippen LogP contribution in [-0.4, -0.2) is 28.4 Å². The highest BCUT2D eigenvalue weighted by atomic mass is 19.1. The number of hydrogen-bond acceptors (Lipinski definition) is 3. The summed E-state index contributed by atoms with van der Waals surface area (Å²) in [4.78, 5) is 2.10. The molecule has 19 heavy (non-hydrogen) atoms. The summed E-state index contributed by atoms with van der Waals surface area (Å²) in [6.07, 6.45) is 2.44. The predicted molar refractivity (Wildman–Crippen MR) is 71.6 cm³/mol. The average Bonchev–Trinajstić information content (AvgIpc) is 2.61. The fourth-order valence-corrected chi connectivity index (χ4v) is 3.65. The van der Waals surface area contributed by atoms with Crippen molar-refractivity contribution < 1.29 is 14.6 Å². The van der Waals surface area contributed by atoms with Gasteiger partial charge in [-0.05, 0) is 38.7 Å². The Balaban J connectivity index is 2.03. The summed E-state index contributed by atoms with van der Waals surface area (Å²) in [5.74, 6) is -0.272. The minimum absolute atomic E-state index is 0.197. The van der Waals surface area contributed by atoms with Gasteiger partial charge in [0.25, 0.3) is 0 Å². The molecule has 2 bridgehead atoms. The summed E-state index contributed by atoms with van der Waals surface area (Å²) < 4.78 is 14.3. The van der Waals surface area contributed by atoms with Crippen molar-refractivity contribution in [3.05, 3.63) is 29.6 Å². The van der Waals surface area contributed by atoms with Crippen LogP contribution in [0.2, 0.25) is 0 Å². The van der Waals surface area contributed by atoms with Gasteiger partial charge in [0.15, 0.2) is 0 Å². The van der Waals surface area contributed by atoms with Crippen molar-refractivity contribution in [2.24, 2.45) is 0 Å². The lowest BCUT2D eigenvalue weighted by molar-refractivity contribution is 0.125. The number of para-hydroxylation sites is 1. The van der Waals surface area contributed by atoms with Crippen LogP contribution in [0.15, 0.2) is 18.2 Å². The highest BCUT2D eigenvalue weighted by molar-refractivity contribution is 5.58. The van der Waals surface area contributed by atoms with E-state index in [1.807, 2.05) is 0 Å². The number of hydrogen-bond donors (Lipinski definition) is 2. The Morgan fingerprint density at radius 1 is 1.26 bits per heavy atom. The van der Waals surface area contributed by atoms with Gasteiger partial charge in [0.2, 0.25) is 0 Å². The molecule has 1 aromatic rings. The molecule has 0 aliphatic carbocycles. The first-order valence-corrected chi connectivity index (χ1v) is 7.00. The molecule has 3 rings (SSSR count). The van der Waals surface area contributed by atoms with Gasteiger partial charge in [-0.25, -0.2) is 4.39 Å². The first-order valence-electron chi connectivity index (χ1n) is 7.00. The van der Waals surface area contributed by atoms with E-state index in [-0.39, 0.29) is 24.0 Å². The van der Waals surface area contributed by atoms with E-state index in [2.05, 4.69) is 4.90 Å². The van der Waals surface area contributed by atoms with Gasteiger partial charge in [0, 0.05) is 17.6 Å². The van der Waals surface area contributed by atoms with Crippen molar-refractivity contribution in [2.75, 3.05) is 4.90 Å². The second kappa shape index (κ2) is 4.76. The van der Waals surface area contributed by atoms with Crippen LogP contribution in [0, 0.1) is 5.82 Å². The van der Waals surface area contributed by atoms with Crippen LogP contribution in [0.4, 0.5) is 10.1 Å². The van der Waals surface area contributed by atoms with E-state index in [1.54, 1.807) is 19.1 Å². The molecular weight excluding hydrogens is 245 g/mol. The van der Waals surface area contributed by atoms with Crippen LogP contribution >= 0.6 is 0 Å². The molecule has 2 saturated heterocycles. The zero-order valence-electron chi connectivity index (χ0n) is 11.1. The largest absolute Gasteiger partial charge is 0.393 e. The smallest absolute Gasteiger partial charge is 0.146 e. The number of aliphatic hydroxyl groups excluding tert-OH is 2. The summed E-state index contributed by atoms with van der Waals surface area (Å²) in [6.45, 7) is 1.67. The molecule has 3 atom stereocenters. The van der Waals surface area contributed by atoms with Crippen LogP contribution in [0.5, 0.6) is 0 Å². The van der Waals surface area contributed by atoms with E-state index in [4.69, 9.17) is 0 Å². The molecule has 2 aliphatic rings. The van der Waals surface area contributed by atoms with Gasteiger partial charge < -0.3 is 15.1 Å². The lowest BCUT2D eigenvalue weighted by atomic mass is 9.96. The Bertz CT molecular complexity index is 463. The van der Waals surface area contributed by atoms with Crippen molar-refractivity contribution >= 4 is 5.69 Å². The number of aliphatic hydroxyl groups is 2. The molecule has 2 N–H and O–H groups in total. The van der Waals surface area contributed by atoms with E-state index < -0.39 is 6.10 Å². The van der Waals surface area contributed by atoms with Crippen LogP contribution in [0.3, 0.4) is 0 Å². The zero-order chi connectivity index (χ0) is 13.6. The normalized spacial score (nSPS) is 31.6. The van der Waals surface area contributed by atoms with Gasteiger partial charge in [-0.1, -0.05) is 12.1 Å². The molecular formula is C15H20FNO2. The molecule has 2 fully saturated rings. The SMILES string of the molecule is C[C@@H](O)c1cccc(F)c1N1C2CCC1CC(O)C2. The number of rotatable bonds is 2. The monoisotopic (exact) mass is 265 g/mol. The Morgan fingerprint density at radius 3 is 2.47 bits per heavy atom. The molecule has 4 heteroatoms. The highest BCUT2D eigenvalue weighted by Crippen LogP contribution is 2.42. The number of halogens is 1. The summed E-state index contributed by atoms with van der Waals surface area (Å²) in [6, 6.07) is 5.27. The van der Waals surface area contributed by atoms with E-state index in [9.17, 15) is 14.6 Å². The maximum Gasteiger partial charge on any atom is 0.146 e. The van der Waals surface area contributed by atoms with Crippen molar-refractivity contribution in [3.63, 3.8) is 0 Å². The second-order valence-electron chi connectivity index (χ2n) is 5.77. The van der Waals surface area contributed by atoms with Crippen LogP contribution in [0.25, 0.3) is 0 Å². The van der Waals surface area contributed by atoms with Crippen LogP contribution in [-0.2, 0) is 0 Å². The van der Waals surface area contributed by atoms with Gasteiger partial charge in [-0.3, -0.25) is 0 Å². The molecule has 2 unspecified atom stereocenters. The van der Waals surface area contributed by atoms with Crippen molar-refractivity contribution in [1.29, 1.82) is 0 Å². The van der Waals surface area contributed by atoms with Gasteiger partial charge in [-0.2, -0.15) is 0 Å².